The van der Waals surface area contributed by atoms with E-state index in [1.54, 1.807) is 18.5 Å². The number of hydrogen-bond donors (Lipinski definition) is 0. The van der Waals surface area contributed by atoms with Gasteiger partial charge in [-0.2, -0.15) is 4.31 Å². The lowest BCUT2D eigenvalue weighted by Gasteiger charge is -2.23. The van der Waals surface area contributed by atoms with Gasteiger partial charge >= 0.3 is 0 Å². The number of thiophene rings is 1. The normalized spacial score (nSPS) is 14.3. The zero-order valence-electron chi connectivity index (χ0n) is 9.60. The van der Waals surface area contributed by atoms with E-state index >= 15 is 0 Å². The molecule has 0 aliphatic rings. The third-order valence-corrected chi connectivity index (χ3v) is 6.23. The van der Waals surface area contributed by atoms with Crippen LogP contribution >= 0.6 is 22.9 Å². The second-order valence-corrected chi connectivity index (χ2v) is 6.85. The van der Waals surface area contributed by atoms with Crippen LogP contribution in [0, 0.1) is 0 Å². The molecule has 6 heteroatoms. The van der Waals surface area contributed by atoms with Crippen LogP contribution < -0.4 is 0 Å². The van der Waals surface area contributed by atoms with E-state index in [0.29, 0.717) is 9.77 Å². The molecule has 0 radical (unpaired) electrons. The summed E-state index contributed by atoms with van der Waals surface area (Å²) in [7, 11) is -1.78. The van der Waals surface area contributed by atoms with Gasteiger partial charge in [0.2, 0.25) is 10.0 Å². The second kappa shape index (κ2) is 5.49. The Hall–Kier alpha value is -0.100. The molecule has 0 amide bonds. The van der Waals surface area contributed by atoms with Crippen molar-refractivity contribution in [2.45, 2.75) is 37.1 Å². The van der Waals surface area contributed by atoms with Crippen LogP contribution in [0.2, 0.25) is 0 Å². The summed E-state index contributed by atoms with van der Waals surface area (Å²) in [4.78, 5) is 1.05. The van der Waals surface area contributed by atoms with Gasteiger partial charge in [0, 0.05) is 18.0 Å². The fourth-order valence-corrected chi connectivity index (χ4v) is 4.41. The lowest BCUT2D eigenvalue weighted by molar-refractivity contribution is 0.380. The summed E-state index contributed by atoms with van der Waals surface area (Å²) < 4.78 is 25.9. The van der Waals surface area contributed by atoms with E-state index in [1.807, 2.05) is 13.8 Å². The van der Waals surface area contributed by atoms with Crippen molar-refractivity contribution < 1.29 is 8.42 Å². The first-order valence-electron chi connectivity index (χ1n) is 5.05. The minimum Gasteiger partial charge on any atom is -0.207 e. The third kappa shape index (κ3) is 2.59. The molecule has 1 atom stereocenters. The van der Waals surface area contributed by atoms with Crippen LogP contribution in [0.25, 0.3) is 0 Å². The molecule has 0 fully saturated rings. The summed E-state index contributed by atoms with van der Waals surface area (Å²) in [6, 6.07) is 1.62. The van der Waals surface area contributed by atoms with Crippen LogP contribution in [0.1, 0.15) is 25.1 Å². The van der Waals surface area contributed by atoms with Crippen LogP contribution in [0.15, 0.2) is 16.3 Å². The van der Waals surface area contributed by atoms with Crippen molar-refractivity contribution in [1.29, 1.82) is 0 Å². The number of sulfonamides is 1. The molecule has 1 rings (SSSR count). The van der Waals surface area contributed by atoms with E-state index < -0.39 is 10.0 Å². The average Bonchev–Trinajstić information content (AvgIpc) is 2.75. The molecule has 0 spiro atoms. The Bertz CT molecular complexity index is 441. The molecule has 0 N–H and O–H groups in total. The van der Waals surface area contributed by atoms with Crippen molar-refractivity contribution in [3.8, 4) is 0 Å². The fraction of sp³-hybridized carbons (Fsp3) is 0.600. The number of halogens is 1. The van der Waals surface area contributed by atoms with Crippen molar-refractivity contribution in [2.75, 3.05) is 7.05 Å². The molecule has 0 bridgehead atoms. The minimum absolute atomic E-state index is 0.00641. The number of nitrogens with zero attached hydrogens (tertiary/aromatic N) is 1. The van der Waals surface area contributed by atoms with Crippen LogP contribution in [-0.4, -0.2) is 25.8 Å². The predicted octanol–water partition coefficient (Wildman–Crippen LogP) is 2.91. The van der Waals surface area contributed by atoms with Crippen molar-refractivity contribution in [3.05, 3.63) is 16.3 Å². The molecule has 0 aliphatic carbocycles. The Morgan fingerprint density at radius 3 is 2.69 bits per heavy atom. The molecule has 92 valence electrons. The molecule has 1 heterocycles. The summed E-state index contributed by atoms with van der Waals surface area (Å²) in [6.07, 6.45) is 0.788. The highest BCUT2D eigenvalue weighted by Crippen LogP contribution is 2.27. The molecule has 1 unspecified atom stereocenters. The van der Waals surface area contributed by atoms with Gasteiger partial charge < -0.3 is 0 Å². The summed E-state index contributed by atoms with van der Waals surface area (Å²) in [5.74, 6) is 0.237. The van der Waals surface area contributed by atoms with Gasteiger partial charge in [0.05, 0.1) is 10.8 Å². The van der Waals surface area contributed by atoms with Crippen LogP contribution in [-0.2, 0) is 15.9 Å². The second-order valence-electron chi connectivity index (χ2n) is 3.62. The molecule has 16 heavy (non-hydrogen) atoms. The summed E-state index contributed by atoms with van der Waals surface area (Å²) in [6.45, 7) is 3.86. The quantitative estimate of drug-likeness (QED) is 0.778. The molecule has 1 aromatic rings. The van der Waals surface area contributed by atoms with Gasteiger partial charge in [0.1, 0.15) is 0 Å². The number of alkyl halides is 1. The van der Waals surface area contributed by atoms with E-state index in [2.05, 4.69) is 0 Å². The molecular formula is C10H16ClNO2S2. The molecule has 0 saturated carbocycles. The fourth-order valence-electron chi connectivity index (χ4n) is 1.31. The topological polar surface area (TPSA) is 37.4 Å². The van der Waals surface area contributed by atoms with Gasteiger partial charge in [-0.15, -0.1) is 22.9 Å². The smallest absolute Gasteiger partial charge is 0.207 e. The van der Waals surface area contributed by atoms with E-state index in [0.717, 1.165) is 6.42 Å². The van der Waals surface area contributed by atoms with E-state index in [9.17, 15) is 8.42 Å². The summed E-state index contributed by atoms with van der Waals surface area (Å²) in [5.41, 5.74) is 0. The minimum atomic E-state index is -3.39. The Labute approximate surface area is 106 Å². The Kier molecular flexibility index (Phi) is 4.79. The Balaban J connectivity index is 3.12. The van der Waals surface area contributed by atoms with Crippen LogP contribution in [0.4, 0.5) is 0 Å². The van der Waals surface area contributed by atoms with Gasteiger partial charge in [-0.3, -0.25) is 0 Å². The maximum atomic E-state index is 12.2. The zero-order valence-corrected chi connectivity index (χ0v) is 12.0. The first kappa shape index (κ1) is 14.0. The maximum absolute atomic E-state index is 12.2. The lowest BCUT2D eigenvalue weighted by Crippen LogP contribution is -2.34. The molecule has 0 aliphatic heterocycles. The highest BCUT2D eigenvalue weighted by Gasteiger charge is 2.27. The van der Waals surface area contributed by atoms with E-state index in [1.165, 1.54) is 15.6 Å². The largest absolute Gasteiger partial charge is 0.244 e. The highest BCUT2D eigenvalue weighted by molar-refractivity contribution is 7.89. The van der Waals surface area contributed by atoms with Crippen molar-refractivity contribution in [2.24, 2.45) is 0 Å². The SMILES string of the molecule is CCC(C)N(C)S(=O)(=O)c1ccsc1CCl. The monoisotopic (exact) mass is 281 g/mol. The van der Waals surface area contributed by atoms with Gasteiger partial charge in [-0.25, -0.2) is 8.42 Å². The van der Waals surface area contributed by atoms with Crippen molar-refractivity contribution >= 4 is 33.0 Å². The van der Waals surface area contributed by atoms with E-state index in [-0.39, 0.29) is 11.9 Å². The van der Waals surface area contributed by atoms with Crippen LogP contribution in [0.5, 0.6) is 0 Å². The van der Waals surface area contributed by atoms with Gasteiger partial charge in [-0.1, -0.05) is 6.92 Å². The molecule has 1 aromatic heterocycles. The van der Waals surface area contributed by atoms with Gasteiger partial charge in [-0.05, 0) is 24.8 Å². The lowest BCUT2D eigenvalue weighted by atomic mass is 10.3. The summed E-state index contributed by atoms with van der Waals surface area (Å²) >= 11 is 7.10. The molecule has 3 nitrogen and oxygen atoms in total. The number of rotatable bonds is 5. The Morgan fingerprint density at radius 1 is 1.56 bits per heavy atom. The molecule has 0 saturated heterocycles. The van der Waals surface area contributed by atoms with Crippen molar-refractivity contribution in [3.63, 3.8) is 0 Å². The van der Waals surface area contributed by atoms with Crippen molar-refractivity contribution in [1.82, 2.24) is 4.31 Å². The maximum Gasteiger partial charge on any atom is 0.244 e. The standard InChI is InChI=1S/C10H16ClNO2S2/c1-4-8(2)12(3)16(13,14)10-5-6-15-9(10)7-11/h5-6,8H,4,7H2,1-3H3. The van der Waals surface area contributed by atoms with E-state index in [4.69, 9.17) is 11.6 Å². The third-order valence-electron chi connectivity index (χ3n) is 2.69. The zero-order chi connectivity index (χ0) is 12.3. The molecule has 0 aromatic carbocycles. The van der Waals surface area contributed by atoms with Gasteiger partial charge in [0.15, 0.2) is 0 Å². The summed E-state index contributed by atoms with van der Waals surface area (Å²) in [5, 5.41) is 1.76. The highest BCUT2D eigenvalue weighted by atomic mass is 35.5. The molecular weight excluding hydrogens is 266 g/mol. The first-order chi connectivity index (χ1) is 7.45. The first-order valence-corrected chi connectivity index (χ1v) is 7.91. The predicted molar refractivity (Wildman–Crippen MR) is 68.6 cm³/mol. The van der Waals surface area contributed by atoms with Gasteiger partial charge in [0.25, 0.3) is 0 Å². The number of hydrogen-bond acceptors (Lipinski definition) is 3. The average molecular weight is 282 g/mol. The van der Waals surface area contributed by atoms with Crippen LogP contribution in [0.3, 0.4) is 0 Å². The Morgan fingerprint density at radius 2 is 2.19 bits per heavy atom.